The number of likely N-dealkylation sites (N-methyl/N-ethyl adjacent to an activating group) is 1. The minimum absolute atomic E-state index is 0.691. The summed E-state index contributed by atoms with van der Waals surface area (Å²) in [6, 6.07) is 0.691. The summed E-state index contributed by atoms with van der Waals surface area (Å²) in [7, 11) is 2.18. The van der Waals surface area contributed by atoms with Gasteiger partial charge < -0.3 is 4.98 Å². The van der Waals surface area contributed by atoms with Gasteiger partial charge in [0.15, 0.2) is 0 Å². The van der Waals surface area contributed by atoms with E-state index in [1.165, 1.54) is 30.4 Å². The van der Waals surface area contributed by atoms with Crippen LogP contribution in [0.25, 0.3) is 0 Å². The smallest absolute Gasteiger partial charge is 0.0160 e. The monoisotopic (exact) mass is 190 g/mol. The van der Waals surface area contributed by atoms with E-state index in [0.717, 1.165) is 6.54 Å². The Morgan fingerprint density at radius 3 is 3.14 bits per heavy atom. The van der Waals surface area contributed by atoms with Crippen LogP contribution in [0.2, 0.25) is 0 Å². The number of aromatic nitrogens is 1. The average molecular weight is 190 g/mol. The zero-order chi connectivity index (χ0) is 9.97. The largest absolute Gasteiger partial charge is 0.367 e. The van der Waals surface area contributed by atoms with Crippen LogP contribution >= 0.6 is 0 Å². The van der Waals surface area contributed by atoms with E-state index >= 15 is 0 Å². The quantitative estimate of drug-likeness (QED) is 0.722. The van der Waals surface area contributed by atoms with E-state index in [0.29, 0.717) is 6.04 Å². The van der Waals surface area contributed by atoms with Gasteiger partial charge in [-0.05, 0) is 37.4 Å². The lowest BCUT2D eigenvalue weighted by Gasteiger charge is -2.30. The number of hydrogen-bond donors (Lipinski definition) is 1. The second-order valence-corrected chi connectivity index (χ2v) is 4.13. The molecular formula is C12H18N2. The highest BCUT2D eigenvalue weighted by Crippen LogP contribution is 2.23. The normalized spacial score (nSPS) is 20.9. The Hall–Kier alpha value is -1.02. The molecule has 0 aliphatic heterocycles. The topological polar surface area (TPSA) is 19.0 Å². The molecule has 1 aromatic rings. The van der Waals surface area contributed by atoms with Crippen molar-refractivity contribution in [3.8, 4) is 0 Å². The Kier molecular flexibility index (Phi) is 2.73. The average Bonchev–Trinajstić information content (AvgIpc) is 2.64. The van der Waals surface area contributed by atoms with Gasteiger partial charge in [-0.15, -0.1) is 6.58 Å². The molecule has 1 aromatic heterocycles. The molecule has 1 atom stereocenters. The fraction of sp³-hybridized carbons (Fsp3) is 0.500. The molecule has 2 nitrogen and oxygen atoms in total. The third-order valence-corrected chi connectivity index (χ3v) is 3.17. The first-order valence-electron chi connectivity index (χ1n) is 5.27. The predicted octanol–water partition coefficient (Wildman–Crippen LogP) is 1.99. The van der Waals surface area contributed by atoms with Crippen molar-refractivity contribution in [2.45, 2.75) is 25.3 Å². The van der Waals surface area contributed by atoms with Gasteiger partial charge in [0.2, 0.25) is 0 Å². The van der Waals surface area contributed by atoms with Crippen LogP contribution in [0.1, 0.15) is 17.5 Å². The van der Waals surface area contributed by atoms with Crippen LogP contribution in [0.5, 0.6) is 0 Å². The Labute approximate surface area is 85.6 Å². The third kappa shape index (κ3) is 1.75. The second-order valence-electron chi connectivity index (χ2n) is 4.13. The van der Waals surface area contributed by atoms with Crippen LogP contribution in [0.3, 0.4) is 0 Å². The maximum Gasteiger partial charge on any atom is 0.0160 e. The summed E-state index contributed by atoms with van der Waals surface area (Å²) >= 11 is 0. The Morgan fingerprint density at radius 2 is 2.36 bits per heavy atom. The van der Waals surface area contributed by atoms with Crippen molar-refractivity contribution < 1.29 is 0 Å². The molecule has 2 rings (SSSR count). The zero-order valence-corrected chi connectivity index (χ0v) is 8.79. The fourth-order valence-corrected chi connectivity index (χ4v) is 2.26. The fourth-order valence-electron chi connectivity index (χ4n) is 2.26. The highest BCUT2D eigenvalue weighted by molar-refractivity contribution is 5.27. The minimum Gasteiger partial charge on any atom is -0.367 e. The molecule has 0 saturated carbocycles. The number of H-pyrrole nitrogens is 1. The highest BCUT2D eigenvalue weighted by atomic mass is 15.1. The molecular weight excluding hydrogens is 172 g/mol. The van der Waals surface area contributed by atoms with Gasteiger partial charge in [0, 0.05) is 25.0 Å². The summed E-state index contributed by atoms with van der Waals surface area (Å²) in [5, 5.41) is 0. The maximum absolute atomic E-state index is 3.78. The number of nitrogens with zero attached hydrogens (tertiary/aromatic N) is 1. The molecule has 1 unspecified atom stereocenters. The van der Waals surface area contributed by atoms with Crippen LogP contribution in [-0.2, 0) is 12.8 Å². The molecule has 2 heteroatoms. The zero-order valence-electron chi connectivity index (χ0n) is 8.79. The second kappa shape index (κ2) is 4.01. The van der Waals surface area contributed by atoms with E-state index < -0.39 is 0 Å². The Balaban J connectivity index is 2.03. The standard InChI is InChI=1S/C12H18N2/c1-3-6-14(2)12-5-4-10-8-13-9-11(10)7-12/h3,8-9,12-13H,1,4-7H2,2H3. The summed E-state index contributed by atoms with van der Waals surface area (Å²) < 4.78 is 0. The van der Waals surface area contributed by atoms with Gasteiger partial charge in [-0.1, -0.05) is 6.08 Å². The first-order chi connectivity index (χ1) is 6.81. The van der Waals surface area contributed by atoms with Crippen molar-refractivity contribution in [2.75, 3.05) is 13.6 Å². The Morgan fingerprint density at radius 1 is 1.57 bits per heavy atom. The van der Waals surface area contributed by atoms with Crippen LogP contribution in [0.15, 0.2) is 25.0 Å². The molecule has 0 bridgehead atoms. The molecule has 0 aromatic carbocycles. The van der Waals surface area contributed by atoms with Crippen molar-refractivity contribution in [1.29, 1.82) is 0 Å². The number of hydrogen-bond acceptors (Lipinski definition) is 1. The number of rotatable bonds is 3. The summed E-state index contributed by atoms with van der Waals surface area (Å²) in [5.74, 6) is 0. The van der Waals surface area contributed by atoms with Gasteiger partial charge >= 0.3 is 0 Å². The summed E-state index contributed by atoms with van der Waals surface area (Å²) in [6.07, 6.45) is 9.93. The molecule has 1 aliphatic rings. The van der Waals surface area contributed by atoms with Crippen molar-refractivity contribution >= 4 is 0 Å². The van der Waals surface area contributed by atoms with Crippen molar-refractivity contribution in [2.24, 2.45) is 0 Å². The van der Waals surface area contributed by atoms with Gasteiger partial charge in [0.1, 0.15) is 0 Å². The van der Waals surface area contributed by atoms with Crippen LogP contribution in [-0.4, -0.2) is 29.5 Å². The highest BCUT2D eigenvalue weighted by Gasteiger charge is 2.21. The summed E-state index contributed by atoms with van der Waals surface area (Å²) in [5.41, 5.74) is 3.01. The lowest BCUT2D eigenvalue weighted by atomic mass is 9.91. The first kappa shape index (κ1) is 9.53. The molecule has 0 fully saturated rings. The first-order valence-corrected chi connectivity index (χ1v) is 5.27. The van der Waals surface area contributed by atoms with Crippen molar-refractivity contribution in [1.82, 2.24) is 9.88 Å². The number of aryl methyl sites for hydroxylation is 1. The molecule has 14 heavy (non-hydrogen) atoms. The van der Waals surface area contributed by atoms with E-state index in [2.05, 4.69) is 35.9 Å². The number of nitrogens with one attached hydrogen (secondary N) is 1. The lowest BCUT2D eigenvalue weighted by Crippen LogP contribution is -2.36. The predicted molar refractivity (Wildman–Crippen MR) is 59.4 cm³/mol. The molecule has 1 N–H and O–H groups in total. The van der Waals surface area contributed by atoms with E-state index in [1.54, 1.807) is 0 Å². The Bertz CT molecular complexity index is 314. The van der Waals surface area contributed by atoms with Crippen LogP contribution < -0.4 is 0 Å². The van der Waals surface area contributed by atoms with Gasteiger partial charge in [-0.3, -0.25) is 4.90 Å². The van der Waals surface area contributed by atoms with Gasteiger partial charge in [0.25, 0.3) is 0 Å². The minimum atomic E-state index is 0.691. The van der Waals surface area contributed by atoms with Crippen molar-refractivity contribution in [3.05, 3.63) is 36.2 Å². The lowest BCUT2D eigenvalue weighted by molar-refractivity contribution is 0.244. The molecule has 76 valence electrons. The SMILES string of the molecule is C=CCN(C)C1CCc2c[nH]cc2C1. The van der Waals surface area contributed by atoms with E-state index in [-0.39, 0.29) is 0 Å². The number of aromatic amines is 1. The van der Waals surface area contributed by atoms with Gasteiger partial charge in [-0.25, -0.2) is 0 Å². The maximum atomic E-state index is 3.78. The molecule has 0 spiro atoms. The molecule has 0 radical (unpaired) electrons. The van der Waals surface area contributed by atoms with Gasteiger partial charge in [0.05, 0.1) is 0 Å². The molecule has 1 aliphatic carbocycles. The summed E-state index contributed by atoms with van der Waals surface area (Å²) in [6.45, 7) is 4.77. The van der Waals surface area contributed by atoms with E-state index in [4.69, 9.17) is 0 Å². The summed E-state index contributed by atoms with van der Waals surface area (Å²) in [4.78, 5) is 5.58. The molecule has 1 heterocycles. The van der Waals surface area contributed by atoms with Gasteiger partial charge in [-0.2, -0.15) is 0 Å². The molecule has 0 amide bonds. The number of fused-ring (bicyclic) bond motifs is 1. The molecule has 0 saturated heterocycles. The third-order valence-electron chi connectivity index (χ3n) is 3.17. The van der Waals surface area contributed by atoms with E-state index in [1.807, 2.05) is 6.08 Å². The van der Waals surface area contributed by atoms with Crippen LogP contribution in [0.4, 0.5) is 0 Å². The van der Waals surface area contributed by atoms with E-state index in [9.17, 15) is 0 Å². The van der Waals surface area contributed by atoms with Crippen LogP contribution in [0, 0.1) is 0 Å². The van der Waals surface area contributed by atoms with Crippen molar-refractivity contribution in [3.63, 3.8) is 0 Å².